The maximum Gasteiger partial charge on any atom is 0.151 e. The summed E-state index contributed by atoms with van der Waals surface area (Å²) in [5.41, 5.74) is 1.13. The van der Waals surface area contributed by atoms with Gasteiger partial charge >= 0.3 is 0 Å². The summed E-state index contributed by atoms with van der Waals surface area (Å²) in [5.74, 6) is 0.927. The fourth-order valence-electron chi connectivity index (χ4n) is 1.39. The first-order chi connectivity index (χ1) is 6.70. The topological polar surface area (TPSA) is 53.3 Å². The Labute approximate surface area is 84.4 Å². The Hall–Kier alpha value is -1.07. The SMILES string of the molecule is CNCc1c(N(C)CCO)ncn1C. The smallest absolute Gasteiger partial charge is 0.151 e. The number of nitrogens with one attached hydrogen (secondary N) is 1. The van der Waals surface area contributed by atoms with Crippen molar-refractivity contribution in [2.24, 2.45) is 7.05 Å². The van der Waals surface area contributed by atoms with Gasteiger partial charge in [-0.3, -0.25) is 0 Å². The largest absolute Gasteiger partial charge is 0.395 e. The van der Waals surface area contributed by atoms with E-state index in [0.29, 0.717) is 6.54 Å². The van der Waals surface area contributed by atoms with E-state index in [0.717, 1.165) is 18.1 Å². The van der Waals surface area contributed by atoms with Gasteiger partial charge in [-0.1, -0.05) is 0 Å². The molecule has 0 atom stereocenters. The number of anilines is 1. The number of nitrogens with zero attached hydrogens (tertiary/aromatic N) is 3. The third-order valence-electron chi connectivity index (χ3n) is 2.18. The molecule has 0 aliphatic carbocycles. The van der Waals surface area contributed by atoms with Crippen molar-refractivity contribution >= 4 is 5.82 Å². The van der Waals surface area contributed by atoms with Crippen LogP contribution < -0.4 is 10.2 Å². The van der Waals surface area contributed by atoms with Gasteiger partial charge in [-0.25, -0.2) is 4.98 Å². The lowest BCUT2D eigenvalue weighted by Crippen LogP contribution is -2.24. The fourth-order valence-corrected chi connectivity index (χ4v) is 1.39. The van der Waals surface area contributed by atoms with Crippen LogP contribution in [0.5, 0.6) is 0 Å². The Morgan fingerprint density at radius 1 is 1.64 bits per heavy atom. The number of hydrogen-bond donors (Lipinski definition) is 2. The molecular weight excluding hydrogens is 180 g/mol. The van der Waals surface area contributed by atoms with E-state index in [1.54, 1.807) is 6.33 Å². The van der Waals surface area contributed by atoms with E-state index in [2.05, 4.69) is 10.3 Å². The van der Waals surface area contributed by atoms with E-state index < -0.39 is 0 Å². The molecule has 80 valence electrons. The second-order valence-electron chi connectivity index (χ2n) is 3.30. The number of likely N-dealkylation sites (N-methyl/N-ethyl adjacent to an activating group) is 1. The van der Waals surface area contributed by atoms with Gasteiger partial charge in [0.25, 0.3) is 0 Å². The lowest BCUT2D eigenvalue weighted by molar-refractivity contribution is 0.304. The molecule has 0 fully saturated rings. The molecule has 0 aliphatic rings. The fraction of sp³-hybridized carbons (Fsp3) is 0.667. The molecule has 1 rings (SSSR count). The normalized spacial score (nSPS) is 10.6. The van der Waals surface area contributed by atoms with Gasteiger partial charge in [0.2, 0.25) is 0 Å². The second kappa shape index (κ2) is 4.97. The molecule has 0 saturated carbocycles. The maximum absolute atomic E-state index is 8.83. The molecule has 0 radical (unpaired) electrons. The first-order valence-electron chi connectivity index (χ1n) is 4.67. The highest BCUT2D eigenvalue weighted by Crippen LogP contribution is 2.15. The lowest BCUT2D eigenvalue weighted by Gasteiger charge is -2.17. The van der Waals surface area contributed by atoms with Gasteiger partial charge in [0.1, 0.15) is 0 Å². The van der Waals surface area contributed by atoms with E-state index in [4.69, 9.17) is 5.11 Å². The molecule has 0 aromatic carbocycles. The van der Waals surface area contributed by atoms with Crippen LogP contribution in [0, 0.1) is 0 Å². The number of aliphatic hydroxyl groups is 1. The second-order valence-corrected chi connectivity index (χ2v) is 3.30. The average Bonchev–Trinajstić information content (AvgIpc) is 2.50. The molecule has 0 amide bonds. The van der Waals surface area contributed by atoms with E-state index in [1.807, 2.05) is 30.6 Å². The number of aliphatic hydroxyl groups excluding tert-OH is 1. The Morgan fingerprint density at radius 3 is 2.93 bits per heavy atom. The first-order valence-corrected chi connectivity index (χ1v) is 4.67. The van der Waals surface area contributed by atoms with E-state index >= 15 is 0 Å². The van der Waals surface area contributed by atoms with Crippen molar-refractivity contribution in [3.8, 4) is 0 Å². The first kappa shape index (κ1) is 11.0. The summed E-state index contributed by atoms with van der Waals surface area (Å²) in [5, 5.41) is 11.9. The van der Waals surface area contributed by atoms with Crippen LogP contribution >= 0.6 is 0 Å². The minimum Gasteiger partial charge on any atom is -0.395 e. The minimum absolute atomic E-state index is 0.145. The number of rotatable bonds is 5. The summed E-state index contributed by atoms with van der Waals surface area (Å²) in [6.45, 7) is 1.53. The number of aromatic nitrogens is 2. The van der Waals surface area contributed by atoms with Gasteiger partial charge in [-0.15, -0.1) is 0 Å². The van der Waals surface area contributed by atoms with Gasteiger partial charge in [-0.05, 0) is 7.05 Å². The van der Waals surface area contributed by atoms with Crippen LogP contribution in [0.2, 0.25) is 0 Å². The molecular formula is C9H18N4O. The third-order valence-corrected chi connectivity index (χ3v) is 2.18. The van der Waals surface area contributed by atoms with Crippen LogP contribution in [0.3, 0.4) is 0 Å². The van der Waals surface area contributed by atoms with E-state index in [-0.39, 0.29) is 6.61 Å². The molecule has 2 N–H and O–H groups in total. The monoisotopic (exact) mass is 198 g/mol. The quantitative estimate of drug-likeness (QED) is 0.674. The highest BCUT2D eigenvalue weighted by atomic mass is 16.3. The lowest BCUT2D eigenvalue weighted by atomic mass is 10.4. The van der Waals surface area contributed by atoms with Crippen LogP contribution in [0.15, 0.2) is 6.33 Å². The van der Waals surface area contributed by atoms with E-state index in [1.165, 1.54) is 0 Å². The van der Waals surface area contributed by atoms with Crippen LogP contribution in [-0.4, -0.2) is 41.9 Å². The van der Waals surface area contributed by atoms with Crippen molar-refractivity contribution in [3.63, 3.8) is 0 Å². The molecule has 1 aromatic rings. The van der Waals surface area contributed by atoms with Crippen LogP contribution in [0.4, 0.5) is 5.82 Å². The predicted octanol–water partition coefficient (Wildman–Crippen LogP) is -0.432. The molecule has 14 heavy (non-hydrogen) atoms. The Bertz CT molecular complexity index is 284. The molecule has 0 unspecified atom stereocenters. The van der Waals surface area contributed by atoms with Gasteiger partial charge in [0, 0.05) is 27.2 Å². The van der Waals surface area contributed by atoms with Crippen molar-refractivity contribution in [3.05, 3.63) is 12.0 Å². The van der Waals surface area contributed by atoms with Gasteiger partial charge in [0.05, 0.1) is 18.6 Å². The summed E-state index contributed by atoms with van der Waals surface area (Å²) in [4.78, 5) is 6.24. The Morgan fingerprint density at radius 2 is 2.36 bits per heavy atom. The van der Waals surface area contributed by atoms with Crippen LogP contribution in [0.1, 0.15) is 5.69 Å². The van der Waals surface area contributed by atoms with Crippen molar-refractivity contribution in [1.82, 2.24) is 14.9 Å². The zero-order chi connectivity index (χ0) is 10.6. The molecule has 0 spiro atoms. The van der Waals surface area contributed by atoms with Crippen molar-refractivity contribution < 1.29 is 5.11 Å². The number of aryl methyl sites for hydroxylation is 1. The molecule has 5 heteroatoms. The average molecular weight is 198 g/mol. The highest BCUT2D eigenvalue weighted by molar-refractivity contribution is 5.43. The number of imidazole rings is 1. The standard InChI is InChI=1S/C9H18N4O/c1-10-6-8-9(11-7-13(8)3)12(2)4-5-14/h7,10,14H,4-6H2,1-3H3. The maximum atomic E-state index is 8.83. The van der Waals surface area contributed by atoms with Gasteiger partial charge < -0.3 is 19.9 Å². The van der Waals surface area contributed by atoms with Gasteiger partial charge in [0.15, 0.2) is 5.82 Å². The van der Waals surface area contributed by atoms with E-state index in [9.17, 15) is 0 Å². The molecule has 0 aliphatic heterocycles. The molecule has 5 nitrogen and oxygen atoms in total. The zero-order valence-corrected chi connectivity index (χ0v) is 8.99. The summed E-state index contributed by atoms with van der Waals surface area (Å²) in [6, 6.07) is 0. The van der Waals surface area contributed by atoms with Gasteiger partial charge in [-0.2, -0.15) is 0 Å². The summed E-state index contributed by atoms with van der Waals surface area (Å²) >= 11 is 0. The summed E-state index contributed by atoms with van der Waals surface area (Å²) in [6.07, 6.45) is 1.79. The Balaban J connectivity index is 2.84. The zero-order valence-electron chi connectivity index (χ0n) is 8.99. The third kappa shape index (κ3) is 2.24. The summed E-state index contributed by atoms with van der Waals surface area (Å²) in [7, 11) is 5.80. The molecule has 1 heterocycles. The van der Waals surface area contributed by atoms with Crippen LogP contribution in [0.25, 0.3) is 0 Å². The Kier molecular flexibility index (Phi) is 3.91. The summed E-state index contributed by atoms with van der Waals surface area (Å²) < 4.78 is 1.99. The minimum atomic E-state index is 0.145. The highest BCUT2D eigenvalue weighted by Gasteiger charge is 2.11. The van der Waals surface area contributed by atoms with Crippen LogP contribution in [-0.2, 0) is 13.6 Å². The van der Waals surface area contributed by atoms with Crippen molar-refractivity contribution in [2.45, 2.75) is 6.54 Å². The van der Waals surface area contributed by atoms with Crippen molar-refractivity contribution in [2.75, 3.05) is 32.1 Å². The molecule has 0 saturated heterocycles. The number of hydrogen-bond acceptors (Lipinski definition) is 4. The molecule has 1 aromatic heterocycles. The predicted molar refractivity (Wildman–Crippen MR) is 56.3 cm³/mol. The molecule has 0 bridgehead atoms. The van der Waals surface area contributed by atoms with Crippen molar-refractivity contribution in [1.29, 1.82) is 0 Å².